The average molecular weight is 345 g/mol. The SMILES string of the molecule is COCCNCc1cc(Br)ccc1N(C)CC(C)(C)O. The van der Waals surface area contributed by atoms with Crippen LogP contribution in [0.15, 0.2) is 22.7 Å². The molecule has 0 aliphatic rings. The molecule has 0 unspecified atom stereocenters. The Labute approximate surface area is 130 Å². The van der Waals surface area contributed by atoms with Gasteiger partial charge in [0.05, 0.1) is 12.2 Å². The third-order valence-electron chi connectivity index (χ3n) is 2.88. The number of methoxy groups -OCH3 is 1. The Balaban J connectivity index is 2.78. The van der Waals surface area contributed by atoms with Crippen molar-refractivity contribution in [3.05, 3.63) is 28.2 Å². The third-order valence-corrected chi connectivity index (χ3v) is 3.37. The molecular weight excluding hydrogens is 320 g/mol. The van der Waals surface area contributed by atoms with E-state index in [-0.39, 0.29) is 0 Å². The van der Waals surface area contributed by atoms with E-state index in [0.717, 1.165) is 23.2 Å². The summed E-state index contributed by atoms with van der Waals surface area (Å²) in [6.45, 7) is 6.51. The molecule has 4 nitrogen and oxygen atoms in total. The summed E-state index contributed by atoms with van der Waals surface area (Å²) in [5.74, 6) is 0. The van der Waals surface area contributed by atoms with Gasteiger partial charge in [0.25, 0.3) is 0 Å². The van der Waals surface area contributed by atoms with Crippen molar-refractivity contribution in [3.63, 3.8) is 0 Å². The number of likely N-dealkylation sites (N-methyl/N-ethyl adjacent to an activating group) is 1. The maximum absolute atomic E-state index is 9.96. The quantitative estimate of drug-likeness (QED) is 0.710. The van der Waals surface area contributed by atoms with Crippen molar-refractivity contribution in [2.24, 2.45) is 0 Å². The molecule has 0 fully saturated rings. The number of aliphatic hydroxyl groups is 1. The maximum atomic E-state index is 9.96. The van der Waals surface area contributed by atoms with Crippen molar-refractivity contribution >= 4 is 21.6 Å². The van der Waals surface area contributed by atoms with Gasteiger partial charge < -0.3 is 20.1 Å². The fourth-order valence-corrected chi connectivity index (χ4v) is 2.54. The lowest BCUT2D eigenvalue weighted by molar-refractivity contribution is 0.0886. The predicted molar refractivity (Wildman–Crippen MR) is 87.3 cm³/mol. The molecule has 0 aliphatic heterocycles. The van der Waals surface area contributed by atoms with Crippen molar-refractivity contribution in [1.82, 2.24) is 5.32 Å². The van der Waals surface area contributed by atoms with Crippen LogP contribution < -0.4 is 10.2 Å². The van der Waals surface area contributed by atoms with Gasteiger partial charge in [-0.3, -0.25) is 0 Å². The first-order valence-electron chi connectivity index (χ1n) is 6.75. The highest BCUT2D eigenvalue weighted by Crippen LogP contribution is 2.25. The molecule has 0 heterocycles. The van der Waals surface area contributed by atoms with E-state index >= 15 is 0 Å². The molecular formula is C15H25BrN2O2. The summed E-state index contributed by atoms with van der Waals surface area (Å²) in [6.07, 6.45) is 0. The molecule has 1 aromatic rings. The summed E-state index contributed by atoms with van der Waals surface area (Å²) < 4.78 is 6.09. The number of nitrogens with zero attached hydrogens (tertiary/aromatic N) is 1. The fraction of sp³-hybridized carbons (Fsp3) is 0.600. The van der Waals surface area contributed by atoms with Crippen LogP contribution in [-0.4, -0.2) is 44.6 Å². The van der Waals surface area contributed by atoms with Crippen molar-refractivity contribution in [2.75, 3.05) is 38.8 Å². The minimum atomic E-state index is -0.720. The van der Waals surface area contributed by atoms with E-state index in [1.807, 2.05) is 27.0 Å². The molecule has 0 aromatic heterocycles. The molecule has 1 rings (SSSR count). The van der Waals surface area contributed by atoms with E-state index in [9.17, 15) is 5.11 Å². The Bertz CT molecular complexity index is 419. The monoisotopic (exact) mass is 344 g/mol. The summed E-state index contributed by atoms with van der Waals surface area (Å²) in [4.78, 5) is 2.08. The Hall–Kier alpha value is -0.620. The lowest BCUT2D eigenvalue weighted by Gasteiger charge is -2.29. The molecule has 1 aromatic carbocycles. The lowest BCUT2D eigenvalue weighted by Crippen LogP contribution is -2.37. The summed E-state index contributed by atoms with van der Waals surface area (Å²) in [6, 6.07) is 6.20. The summed E-state index contributed by atoms with van der Waals surface area (Å²) in [7, 11) is 3.70. The molecule has 0 saturated carbocycles. The maximum Gasteiger partial charge on any atom is 0.0765 e. The molecule has 0 saturated heterocycles. The van der Waals surface area contributed by atoms with Crippen LogP contribution in [0.5, 0.6) is 0 Å². The zero-order valence-corrected chi connectivity index (χ0v) is 14.3. The molecule has 0 radical (unpaired) electrons. The largest absolute Gasteiger partial charge is 0.389 e. The van der Waals surface area contributed by atoms with Gasteiger partial charge >= 0.3 is 0 Å². The van der Waals surface area contributed by atoms with E-state index in [4.69, 9.17) is 4.74 Å². The normalized spacial score (nSPS) is 11.7. The highest BCUT2D eigenvalue weighted by Gasteiger charge is 2.17. The Morgan fingerprint density at radius 1 is 1.40 bits per heavy atom. The van der Waals surface area contributed by atoms with E-state index in [0.29, 0.717) is 13.2 Å². The minimum absolute atomic E-state index is 0.583. The number of nitrogens with one attached hydrogen (secondary N) is 1. The number of benzene rings is 1. The molecule has 114 valence electrons. The Morgan fingerprint density at radius 2 is 2.10 bits per heavy atom. The number of ether oxygens (including phenoxy) is 1. The number of anilines is 1. The Kier molecular flexibility index (Phi) is 6.95. The molecule has 0 amide bonds. The third kappa shape index (κ3) is 6.22. The number of rotatable bonds is 8. The van der Waals surface area contributed by atoms with Gasteiger partial charge in [-0.2, -0.15) is 0 Å². The van der Waals surface area contributed by atoms with E-state index in [1.165, 1.54) is 5.56 Å². The molecule has 0 aliphatic carbocycles. The van der Waals surface area contributed by atoms with Gasteiger partial charge in [-0.05, 0) is 37.6 Å². The van der Waals surface area contributed by atoms with Gasteiger partial charge in [-0.25, -0.2) is 0 Å². The van der Waals surface area contributed by atoms with E-state index in [1.54, 1.807) is 7.11 Å². The first-order chi connectivity index (χ1) is 9.33. The molecule has 0 atom stereocenters. The molecule has 5 heteroatoms. The van der Waals surface area contributed by atoms with Crippen molar-refractivity contribution in [1.29, 1.82) is 0 Å². The average Bonchev–Trinajstić information content (AvgIpc) is 2.32. The first kappa shape index (κ1) is 17.4. The smallest absolute Gasteiger partial charge is 0.0765 e. The zero-order valence-electron chi connectivity index (χ0n) is 12.7. The second-order valence-corrected chi connectivity index (χ2v) is 6.53. The van der Waals surface area contributed by atoms with E-state index < -0.39 is 5.60 Å². The minimum Gasteiger partial charge on any atom is -0.389 e. The van der Waals surface area contributed by atoms with Gasteiger partial charge in [-0.1, -0.05) is 15.9 Å². The second kappa shape index (κ2) is 7.98. The van der Waals surface area contributed by atoms with Crippen LogP contribution in [0, 0.1) is 0 Å². The van der Waals surface area contributed by atoms with Gasteiger partial charge in [0.1, 0.15) is 0 Å². The standard InChI is InChI=1S/C15H25BrN2O2/c1-15(2,19)11-18(3)14-6-5-13(16)9-12(14)10-17-7-8-20-4/h5-6,9,17,19H,7-8,10-11H2,1-4H3. The van der Waals surface area contributed by atoms with Crippen LogP contribution in [0.25, 0.3) is 0 Å². The van der Waals surface area contributed by atoms with Crippen LogP contribution in [0.4, 0.5) is 5.69 Å². The van der Waals surface area contributed by atoms with Crippen LogP contribution in [0.1, 0.15) is 19.4 Å². The van der Waals surface area contributed by atoms with E-state index in [2.05, 4.69) is 38.3 Å². The van der Waals surface area contributed by atoms with Gasteiger partial charge in [0.15, 0.2) is 0 Å². The van der Waals surface area contributed by atoms with Gasteiger partial charge in [0, 0.05) is 44.0 Å². The van der Waals surface area contributed by atoms with Crippen LogP contribution in [0.2, 0.25) is 0 Å². The Morgan fingerprint density at radius 3 is 2.70 bits per heavy atom. The van der Waals surface area contributed by atoms with Crippen LogP contribution in [-0.2, 0) is 11.3 Å². The van der Waals surface area contributed by atoms with Crippen molar-refractivity contribution in [3.8, 4) is 0 Å². The highest BCUT2D eigenvalue weighted by atomic mass is 79.9. The molecule has 20 heavy (non-hydrogen) atoms. The topological polar surface area (TPSA) is 44.7 Å². The predicted octanol–water partition coefficient (Wildman–Crippen LogP) is 2.39. The van der Waals surface area contributed by atoms with Crippen LogP contribution in [0.3, 0.4) is 0 Å². The zero-order chi connectivity index (χ0) is 15.2. The highest BCUT2D eigenvalue weighted by molar-refractivity contribution is 9.10. The fourth-order valence-electron chi connectivity index (χ4n) is 2.13. The lowest BCUT2D eigenvalue weighted by atomic mass is 10.1. The van der Waals surface area contributed by atoms with Gasteiger partial charge in [-0.15, -0.1) is 0 Å². The number of hydrogen-bond acceptors (Lipinski definition) is 4. The first-order valence-corrected chi connectivity index (χ1v) is 7.54. The summed E-state index contributed by atoms with van der Waals surface area (Å²) in [5.41, 5.74) is 1.60. The molecule has 2 N–H and O–H groups in total. The summed E-state index contributed by atoms with van der Waals surface area (Å²) >= 11 is 3.51. The number of hydrogen-bond donors (Lipinski definition) is 2. The van der Waals surface area contributed by atoms with Crippen molar-refractivity contribution < 1.29 is 9.84 Å². The van der Waals surface area contributed by atoms with Crippen molar-refractivity contribution in [2.45, 2.75) is 26.0 Å². The van der Waals surface area contributed by atoms with Gasteiger partial charge in [0.2, 0.25) is 0 Å². The summed E-state index contributed by atoms with van der Waals surface area (Å²) in [5, 5.41) is 13.3. The molecule has 0 spiro atoms. The molecule has 0 bridgehead atoms. The number of halogens is 1. The van der Waals surface area contributed by atoms with Crippen LogP contribution >= 0.6 is 15.9 Å². The second-order valence-electron chi connectivity index (χ2n) is 5.61.